The molecule has 0 aliphatic rings. The lowest BCUT2D eigenvalue weighted by atomic mass is 10.2. The molecule has 21 heavy (non-hydrogen) atoms. The number of phenols is 1. The summed E-state index contributed by atoms with van der Waals surface area (Å²) in [5.41, 5.74) is 3.05. The van der Waals surface area contributed by atoms with Crippen molar-refractivity contribution in [3.63, 3.8) is 0 Å². The Balaban J connectivity index is 2.20. The first-order valence-corrected chi connectivity index (χ1v) is 6.78. The van der Waals surface area contributed by atoms with E-state index in [1.54, 1.807) is 12.1 Å². The maximum atomic E-state index is 11.2. The summed E-state index contributed by atoms with van der Waals surface area (Å²) < 4.78 is 5.50. The number of halogens is 2. The zero-order valence-corrected chi connectivity index (χ0v) is 13.1. The van der Waals surface area contributed by atoms with E-state index in [2.05, 4.69) is 36.7 Å². The lowest BCUT2D eigenvalue weighted by molar-refractivity contribution is 0.372. The van der Waals surface area contributed by atoms with Crippen LogP contribution in [0.15, 0.2) is 32.7 Å². The van der Waals surface area contributed by atoms with Gasteiger partial charge in [0.05, 0.1) is 24.0 Å². The number of aromatic nitrogens is 2. The van der Waals surface area contributed by atoms with Gasteiger partial charge in [-0.25, -0.2) is 5.10 Å². The summed E-state index contributed by atoms with van der Waals surface area (Å²) in [6.07, 6.45) is 2.82. The Morgan fingerprint density at radius 1 is 1.57 bits per heavy atom. The topological polar surface area (TPSA) is 99.6 Å². The van der Waals surface area contributed by atoms with Gasteiger partial charge < -0.3 is 9.84 Å². The Hall–Kier alpha value is -2.06. The third-order valence-corrected chi connectivity index (χ3v) is 3.44. The predicted octanol–water partition coefficient (Wildman–Crippen LogP) is 2.35. The van der Waals surface area contributed by atoms with Crippen molar-refractivity contribution in [2.24, 2.45) is 5.10 Å². The lowest BCUT2D eigenvalue weighted by Crippen LogP contribution is -2.10. The van der Waals surface area contributed by atoms with E-state index in [1.165, 1.54) is 19.5 Å². The van der Waals surface area contributed by atoms with Crippen LogP contribution in [0.2, 0.25) is 5.02 Å². The second-order valence-corrected chi connectivity index (χ2v) is 5.08. The Labute approximate surface area is 132 Å². The van der Waals surface area contributed by atoms with Gasteiger partial charge in [0.2, 0.25) is 0 Å². The molecule has 1 aromatic carbocycles. The quantitative estimate of drug-likeness (QED) is 0.564. The molecule has 0 spiro atoms. The second-order valence-electron chi connectivity index (χ2n) is 3.85. The van der Waals surface area contributed by atoms with Crippen molar-refractivity contribution in [2.75, 3.05) is 12.5 Å². The smallest absolute Gasteiger partial charge is 0.285 e. The molecule has 9 heteroatoms. The molecule has 0 fully saturated rings. The van der Waals surface area contributed by atoms with Crippen LogP contribution in [0.25, 0.3) is 0 Å². The average Bonchev–Trinajstić information content (AvgIpc) is 2.47. The number of nitrogens with zero attached hydrogens (tertiary/aromatic N) is 2. The molecule has 110 valence electrons. The Morgan fingerprint density at radius 2 is 2.33 bits per heavy atom. The highest BCUT2D eigenvalue weighted by Crippen LogP contribution is 2.34. The molecule has 0 aliphatic carbocycles. The lowest BCUT2D eigenvalue weighted by Gasteiger charge is -2.06. The number of aromatic hydroxyl groups is 1. The van der Waals surface area contributed by atoms with Gasteiger partial charge in [-0.05, 0) is 33.6 Å². The van der Waals surface area contributed by atoms with Crippen molar-refractivity contribution < 1.29 is 9.84 Å². The number of methoxy groups -OCH3 is 1. The number of hydrazone groups is 1. The molecule has 0 bridgehead atoms. The first-order valence-electron chi connectivity index (χ1n) is 5.61. The Bertz CT molecular complexity index is 748. The molecular formula is C12H10BrClN4O3. The van der Waals surface area contributed by atoms with Crippen molar-refractivity contribution in [3.8, 4) is 11.5 Å². The summed E-state index contributed by atoms with van der Waals surface area (Å²) in [4.78, 5) is 11.2. The molecule has 1 heterocycles. The number of phenolic OH excluding ortho intramolecular Hbond substituents is 1. The van der Waals surface area contributed by atoms with Gasteiger partial charge in [0.1, 0.15) is 10.7 Å². The van der Waals surface area contributed by atoms with Gasteiger partial charge in [0, 0.05) is 0 Å². The zero-order chi connectivity index (χ0) is 15.4. The molecule has 0 saturated heterocycles. The molecule has 1 aromatic heterocycles. The molecule has 0 amide bonds. The van der Waals surface area contributed by atoms with Crippen LogP contribution in [0, 0.1) is 0 Å². The number of aromatic amines is 1. The number of hydrogen-bond donors (Lipinski definition) is 3. The van der Waals surface area contributed by atoms with E-state index >= 15 is 0 Å². The van der Waals surface area contributed by atoms with Crippen LogP contribution in [-0.4, -0.2) is 28.6 Å². The van der Waals surface area contributed by atoms with Gasteiger partial charge in [-0.2, -0.15) is 10.2 Å². The summed E-state index contributed by atoms with van der Waals surface area (Å²) in [5.74, 6) is 0.311. The van der Waals surface area contributed by atoms with Crippen molar-refractivity contribution >= 4 is 39.4 Å². The van der Waals surface area contributed by atoms with E-state index in [1.807, 2.05) is 0 Å². The fourth-order valence-electron chi connectivity index (χ4n) is 1.46. The van der Waals surface area contributed by atoms with Crippen LogP contribution in [0.4, 0.5) is 5.69 Å². The first kappa shape index (κ1) is 15.3. The number of H-pyrrole nitrogens is 1. The summed E-state index contributed by atoms with van der Waals surface area (Å²) in [5, 5.41) is 19.4. The fourth-order valence-corrected chi connectivity index (χ4v) is 2.05. The highest BCUT2D eigenvalue weighted by atomic mass is 79.9. The van der Waals surface area contributed by atoms with E-state index in [4.69, 9.17) is 16.3 Å². The second kappa shape index (κ2) is 6.59. The van der Waals surface area contributed by atoms with E-state index in [0.717, 1.165) is 0 Å². The third kappa shape index (κ3) is 3.53. The molecule has 2 aromatic rings. The standard InChI is InChI=1S/C12H10BrClN4O3/c1-21-9-3-6(2-7(13)11(9)19)4-15-17-8-5-16-18-12(20)10(8)14/h2-5,19H,1H3,(H2,17,18,20)/b15-4+. The van der Waals surface area contributed by atoms with Crippen LogP contribution in [-0.2, 0) is 0 Å². The first-order chi connectivity index (χ1) is 10.0. The van der Waals surface area contributed by atoms with Crippen LogP contribution < -0.4 is 15.7 Å². The van der Waals surface area contributed by atoms with Crippen molar-refractivity contribution in [1.82, 2.24) is 10.2 Å². The van der Waals surface area contributed by atoms with Crippen LogP contribution in [0.5, 0.6) is 11.5 Å². The fraction of sp³-hybridized carbons (Fsp3) is 0.0833. The van der Waals surface area contributed by atoms with Gasteiger partial charge >= 0.3 is 0 Å². The van der Waals surface area contributed by atoms with E-state index < -0.39 is 5.56 Å². The maximum Gasteiger partial charge on any atom is 0.285 e. The molecule has 0 atom stereocenters. The molecule has 7 nitrogen and oxygen atoms in total. The van der Waals surface area contributed by atoms with E-state index in [-0.39, 0.29) is 16.5 Å². The average molecular weight is 374 g/mol. The van der Waals surface area contributed by atoms with Crippen LogP contribution in [0.1, 0.15) is 5.56 Å². The third-order valence-electron chi connectivity index (χ3n) is 2.46. The Kier molecular flexibility index (Phi) is 4.81. The zero-order valence-electron chi connectivity index (χ0n) is 10.7. The molecule has 0 saturated carbocycles. The van der Waals surface area contributed by atoms with Gasteiger partial charge in [-0.1, -0.05) is 11.6 Å². The van der Waals surface area contributed by atoms with Crippen molar-refractivity contribution in [2.45, 2.75) is 0 Å². The molecule has 0 aliphatic heterocycles. The van der Waals surface area contributed by atoms with Crippen molar-refractivity contribution in [1.29, 1.82) is 0 Å². The number of rotatable bonds is 4. The molecule has 3 N–H and O–H groups in total. The minimum Gasteiger partial charge on any atom is -0.503 e. The normalized spacial score (nSPS) is 10.8. The molecule has 0 unspecified atom stereocenters. The monoisotopic (exact) mass is 372 g/mol. The number of benzene rings is 1. The summed E-state index contributed by atoms with van der Waals surface area (Å²) in [6.45, 7) is 0. The number of hydrogen-bond acceptors (Lipinski definition) is 6. The van der Waals surface area contributed by atoms with Gasteiger partial charge in [0.25, 0.3) is 5.56 Å². The minimum atomic E-state index is -0.508. The number of nitrogens with one attached hydrogen (secondary N) is 2. The van der Waals surface area contributed by atoms with Gasteiger partial charge in [-0.15, -0.1) is 0 Å². The summed E-state index contributed by atoms with van der Waals surface area (Å²) in [6, 6.07) is 3.25. The van der Waals surface area contributed by atoms with E-state index in [0.29, 0.717) is 15.8 Å². The number of anilines is 1. The number of ether oxygens (including phenoxy) is 1. The van der Waals surface area contributed by atoms with Crippen LogP contribution in [0.3, 0.4) is 0 Å². The maximum absolute atomic E-state index is 11.2. The van der Waals surface area contributed by atoms with Crippen LogP contribution >= 0.6 is 27.5 Å². The largest absolute Gasteiger partial charge is 0.503 e. The summed E-state index contributed by atoms with van der Waals surface area (Å²) >= 11 is 9.00. The van der Waals surface area contributed by atoms with Gasteiger partial charge in [0.15, 0.2) is 11.5 Å². The Morgan fingerprint density at radius 3 is 3.05 bits per heavy atom. The van der Waals surface area contributed by atoms with Gasteiger partial charge in [-0.3, -0.25) is 10.2 Å². The van der Waals surface area contributed by atoms with E-state index in [9.17, 15) is 9.90 Å². The van der Waals surface area contributed by atoms with Crippen molar-refractivity contribution in [3.05, 3.63) is 43.7 Å². The molecule has 2 rings (SSSR count). The molecular weight excluding hydrogens is 364 g/mol. The minimum absolute atomic E-state index is 0.00412. The summed E-state index contributed by atoms with van der Waals surface area (Å²) in [7, 11) is 1.45. The highest BCUT2D eigenvalue weighted by Gasteiger charge is 2.07. The predicted molar refractivity (Wildman–Crippen MR) is 83.4 cm³/mol. The highest BCUT2D eigenvalue weighted by molar-refractivity contribution is 9.10. The molecule has 0 radical (unpaired) electrons. The SMILES string of the molecule is COc1cc(/C=N/Nc2cn[nH]c(=O)c2Cl)cc(Br)c1O.